The van der Waals surface area contributed by atoms with E-state index in [0.717, 1.165) is 25.7 Å². The zero-order chi connectivity index (χ0) is 38.3. The van der Waals surface area contributed by atoms with Crippen molar-refractivity contribution in [3.05, 3.63) is 0 Å². The maximum Gasteiger partial charge on any atom is 0.437 e. The monoisotopic (exact) mass is 712 g/mol. The summed E-state index contributed by atoms with van der Waals surface area (Å²) < 4.78 is 21.7. The third-order valence-corrected chi connectivity index (χ3v) is 6.49. The summed E-state index contributed by atoms with van der Waals surface area (Å²) in [5, 5.41) is 15.0. The van der Waals surface area contributed by atoms with Crippen LogP contribution in [0, 0.1) is 0 Å². The molecule has 0 aromatic carbocycles. The molecular formula is C35H64N6O9. The number of alkyl carbamates (subject to hydrolysis) is 2. The van der Waals surface area contributed by atoms with Crippen LogP contribution < -0.4 is 10.6 Å². The van der Waals surface area contributed by atoms with Gasteiger partial charge in [0.25, 0.3) is 0 Å². The molecule has 0 spiro atoms. The average Bonchev–Trinajstić information content (AvgIpc) is 2.89. The molecule has 1 heterocycles. The number of rotatable bonds is 9. The molecular weight excluding hydrogens is 648 g/mol. The molecule has 0 unspecified atom stereocenters. The van der Waals surface area contributed by atoms with E-state index in [4.69, 9.17) is 18.9 Å². The van der Waals surface area contributed by atoms with Crippen LogP contribution in [0.25, 0.3) is 0 Å². The molecule has 1 rings (SSSR count). The molecule has 1 aliphatic rings. The van der Waals surface area contributed by atoms with Crippen LogP contribution in [0.2, 0.25) is 0 Å². The van der Waals surface area contributed by atoms with Gasteiger partial charge in [0.05, 0.1) is 6.10 Å². The molecule has 0 aromatic rings. The number of aliphatic hydroxyl groups excluding tert-OH is 1. The molecule has 4 amide bonds. The number of piperidine rings is 1. The zero-order valence-corrected chi connectivity index (χ0v) is 32.6. The molecule has 0 radical (unpaired) electrons. The van der Waals surface area contributed by atoms with E-state index >= 15 is 0 Å². The number of nitrogens with zero attached hydrogens (tertiary/aromatic N) is 4. The Morgan fingerprint density at radius 2 is 1.12 bits per heavy atom. The molecule has 0 atom stereocenters. The van der Waals surface area contributed by atoms with Crippen molar-refractivity contribution < 1.29 is 43.2 Å². The highest BCUT2D eigenvalue weighted by Gasteiger charge is 2.32. The van der Waals surface area contributed by atoms with E-state index in [1.165, 1.54) is 4.90 Å². The van der Waals surface area contributed by atoms with Crippen molar-refractivity contribution in [2.75, 3.05) is 26.2 Å². The Morgan fingerprint density at radius 1 is 0.680 bits per heavy atom. The van der Waals surface area contributed by atoms with Crippen molar-refractivity contribution in [3.8, 4) is 0 Å². The maximum absolute atomic E-state index is 13.5. The van der Waals surface area contributed by atoms with Gasteiger partial charge in [0.15, 0.2) is 0 Å². The van der Waals surface area contributed by atoms with Gasteiger partial charge >= 0.3 is 24.4 Å². The van der Waals surface area contributed by atoms with E-state index in [-0.39, 0.29) is 18.5 Å². The Kier molecular flexibility index (Phi) is 17.5. The van der Waals surface area contributed by atoms with Crippen molar-refractivity contribution >= 4 is 36.3 Å². The predicted molar refractivity (Wildman–Crippen MR) is 192 cm³/mol. The van der Waals surface area contributed by atoms with Crippen molar-refractivity contribution in [3.63, 3.8) is 0 Å². The van der Waals surface area contributed by atoms with Crippen LogP contribution in [-0.2, 0) is 18.9 Å². The van der Waals surface area contributed by atoms with Gasteiger partial charge in [0.2, 0.25) is 11.9 Å². The highest BCUT2D eigenvalue weighted by Crippen LogP contribution is 2.19. The van der Waals surface area contributed by atoms with Crippen LogP contribution in [0.15, 0.2) is 9.98 Å². The van der Waals surface area contributed by atoms with E-state index < -0.39 is 52.9 Å². The molecule has 0 bridgehead atoms. The Bertz CT molecular complexity index is 1140. The van der Waals surface area contributed by atoms with Crippen molar-refractivity contribution in [1.82, 2.24) is 20.4 Å². The number of hydrogen-bond acceptors (Lipinski definition) is 10. The third-order valence-electron chi connectivity index (χ3n) is 6.49. The highest BCUT2D eigenvalue weighted by molar-refractivity contribution is 6.01. The third kappa shape index (κ3) is 21.5. The van der Waals surface area contributed by atoms with Gasteiger partial charge in [0, 0.05) is 26.2 Å². The molecule has 15 nitrogen and oxygen atoms in total. The summed E-state index contributed by atoms with van der Waals surface area (Å²) in [5.74, 6) is 0.108. The summed E-state index contributed by atoms with van der Waals surface area (Å²) in [5.41, 5.74) is -2.99. The topological polar surface area (TPSA) is 181 Å². The Labute approximate surface area is 298 Å². The minimum Gasteiger partial charge on any atom is -0.444 e. The summed E-state index contributed by atoms with van der Waals surface area (Å²) in [4.78, 5) is 62.7. The summed E-state index contributed by atoms with van der Waals surface area (Å²) in [6, 6.07) is 0. The second-order valence-electron chi connectivity index (χ2n) is 16.3. The first-order chi connectivity index (χ1) is 22.8. The molecule has 1 aliphatic heterocycles. The number of aliphatic hydroxyl groups is 1. The number of ether oxygens (including phenoxy) is 4. The molecule has 0 aromatic heterocycles. The predicted octanol–water partition coefficient (Wildman–Crippen LogP) is 6.72. The summed E-state index contributed by atoms with van der Waals surface area (Å²) in [6.07, 6.45) is 2.33. The van der Waals surface area contributed by atoms with Crippen molar-refractivity contribution in [1.29, 1.82) is 0 Å². The Hall–Kier alpha value is -3.62. The molecule has 0 saturated carbocycles. The summed E-state index contributed by atoms with van der Waals surface area (Å²) in [7, 11) is 0. The number of likely N-dealkylation sites (tertiary alicyclic amines) is 1. The fourth-order valence-electron chi connectivity index (χ4n) is 4.51. The Balaban J connectivity index is 2.86. The first-order valence-electron chi connectivity index (χ1n) is 17.6. The van der Waals surface area contributed by atoms with Crippen LogP contribution >= 0.6 is 0 Å². The molecule has 15 heteroatoms. The van der Waals surface area contributed by atoms with Gasteiger partial charge in [-0.25, -0.2) is 24.1 Å². The molecule has 3 N–H and O–H groups in total. The van der Waals surface area contributed by atoms with Gasteiger partial charge in [-0.1, -0.05) is 25.7 Å². The quantitative estimate of drug-likeness (QED) is 0.101. The normalized spacial score (nSPS) is 14.7. The first-order valence-corrected chi connectivity index (χ1v) is 17.6. The minimum absolute atomic E-state index is 0.0530. The molecule has 50 heavy (non-hydrogen) atoms. The largest absolute Gasteiger partial charge is 0.444 e. The lowest BCUT2D eigenvalue weighted by Gasteiger charge is -2.37. The van der Waals surface area contributed by atoms with Gasteiger partial charge in [0.1, 0.15) is 22.4 Å². The Morgan fingerprint density at radius 3 is 1.58 bits per heavy atom. The lowest BCUT2D eigenvalue weighted by Crippen LogP contribution is -2.52. The van der Waals surface area contributed by atoms with Crippen molar-refractivity contribution in [2.24, 2.45) is 9.98 Å². The number of guanidine groups is 2. The van der Waals surface area contributed by atoms with E-state index in [2.05, 4.69) is 20.6 Å². The number of carbonyl (C=O) groups is 4. The second-order valence-corrected chi connectivity index (χ2v) is 16.3. The minimum atomic E-state index is -0.805. The van der Waals surface area contributed by atoms with Gasteiger partial charge in [-0.2, -0.15) is 0 Å². The van der Waals surface area contributed by atoms with E-state index in [1.807, 2.05) is 4.90 Å². The first kappa shape index (κ1) is 44.4. The van der Waals surface area contributed by atoms with Crippen LogP contribution in [0.4, 0.5) is 19.2 Å². The van der Waals surface area contributed by atoms with Gasteiger partial charge in [-0.3, -0.25) is 15.6 Å². The van der Waals surface area contributed by atoms with E-state index in [0.29, 0.717) is 45.3 Å². The second kappa shape index (κ2) is 19.7. The SMILES string of the molecule is CC(C)(C)OC(=O)N=C(N1CCC(O)CC1)N(CCCCCCCCN=C(NC(=O)OC(C)(C)C)NC(=O)OC(C)(C)C)C(=O)OC(C)(C)C. The van der Waals surface area contributed by atoms with Crippen molar-refractivity contribution in [2.45, 2.75) is 163 Å². The van der Waals surface area contributed by atoms with E-state index in [9.17, 15) is 24.3 Å². The van der Waals surface area contributed by atoms with Gasteiger partial charge in [-0.05, 0) is 109 Å². The number of unbranched alkanes of at least 4 members (excludes halogenated alkanes) is 5. The zero-order valence-electron chi connectivity index (χ0n) is 32.6. The molecule has 1 fully saturated rings. The van der Waals surface area contributed by atoms with E-state index in [1.54, 1.807) is 83.1 Å². The smallest absolute Gasteiger partial charge is 0.437 e. The number of aliphatic imine (C=N–C) groups is 2. The maximum atomic E-state index is 13.5. The molecule has 0 aliphatic carbocycles. The molecule has 288 valence electrons. The number of amides is 4. The average molecular weight is 713 g/mol. The fraction of sp³-hybridized carbons (Fsp3) is 0.829. The lowest BCUT2D eigenvalue weighted by molar-refractivity contribution is 0.0329. The standard InChI is InChI=1S/C35H64N6O9/c1-32(2,3)47-28(43)37-26(38-29(44)48-33(4,5)6)36-21-17-15-13-14-16-18-22-41(31(46)50-35(10,11)12)27(39-30(45)49-34(7,8)9)40-23-19-25(42)20-24-40/h25,42H,13-24H2,1-12H3,(H2,36,37,38,43,44). The number of carbonyl (C=O) groups excluding carboxylic acids is 4. The van der Waals surface area contributed by atoms with Gasteiger partial charge in [-0.15, -0.1) is 4.99 Å². The van der Waals surface area contributed by atoms with Crippen LogP contribution in [0.5, 0.6) is 0 Å². The number of nitrogens with one attached hydrogen (secondary N) is 2. The fourth-order valence-corrected chi connectivity index (χ4v) is 4.51. The molecule has 1 saturated heterocycles. The van der Waals surface area contributed by atoms with Crippen LogP contribution in [0.1, 0.15) is 134 Å². The summed E-state index contributed by atoms with van der Waals surface area (Å²) in [6.45, 7) is 22.4. The lowest BCUT2D eigenvalue weighted by atomic mass is 10.1. The summed E-state index contributed by atoms with van der Waals surface area (Å²) >= 11 is 0. The van der Waals surface area contributed by atoms with Crippen LogP contribution in [-0.4, -0.2) is 106 Å². The van der Waals surface area contributed by atoms with Crippen LogP contribution in [0.3, 0.4) is 0 Å². The number of hydrogen-bond donors (Lipinski definition) is 3. The van der Waals surface area contributed by atoms with Gasteiger partial charge < -0.3 is 29.0 Å². The highest BCUT2D eigenvalue weighted by atomic mass is 16.6.